The predicted molar refractivity (Wildman–Crippen MR) is 57.5 cm³/mol. The van der Waals surface area contributed by atoms with Gasteiger partial charge in [-0.05, 0) is 30.9 Å². The molecule has 0 amide bonds. The van der Waals surface area contributed by atoms with E-state index in [9.17, 15) is 9.90 Å². The van der Waals surface area contributed by atoms with Gasteiger partial charge in [0.2, 0.25) is 0 Å². The maximum atomic E-state index is 9.25. The van der Waals surface area contributed by atoms with Gasteiger partial charge in [-0.1, -0.05) is 24.3 Å². The average Bonchev–Trinajstić information content (AvgIpc) is 2.60. The van der Waals surface area contributed by atoms with Gasteiger partial charge in [0, 0.05) is 0 Å². The molecule has 3 nitrogen and oxygen atoms in total. The minimum Gasteiger partial charge on any atom is -0.468 e. The summed E-state index contributed by atoms with van der Waals surface area (Å²) in [4.78, 5) is 9.18. The summed E-state index contributed by atoms with van der Waals surface area (Å²) in [5.41, 5.74) is 2.63. The fraction of sp³-hybridized carbons (Fsp3) is 0.417. The van der Waals surface area contributed by atoms with Crippen molar-refractivity contribution in [2.45, 2.75) is 25.9 Å². The van der Waals surface area contributed by atoms with Crippen LogP contribution in [0.1, 0.15) is 18.1 Å². The summed E-state index contributed by atoms with van der Waals surface area (Å²) in [6.07, 6.45) is 1.56. The molecule has 15 heavy (non-hydrogen) atoms. The van der Waals surface area contributed by atoms with E-state index in [2.05, 4.69) is 16.9 Å². The molecule has 1 aromatic carbocycles. The number of hydrogen-bond acceptors (Lipinski definition) is 3. The highest BCUT2D eigenvalue weighted by Gasteiger charge is 2.17. The Bertz CT molecular complexity index is 284. The van der Waals surface area contributed by atoms with Gasteiger partial charge < -0.3 is 9.84 Å². The Morgan fingerprint density at radius 1 is 1.40 bits per heavy atom. The van der Waals surface area contributed by atoms with E-state index in [1.807, 2.05) is 12.1 Å². The van der Waals surface area contributed by atoms with E-state index < -0.39 is 0 Å². The molecule has 0 saturated carbocycles. The highest BCUT2D eigenvalue weighted by Crippen LogP contribution is 2.20. The summed E-state index contributed by atoms with van der Waals surface area (Å²) in [6.45, 7) is 2.66. The first-order valence-corrected chi connectivity index (χ1v) is 5.08. The van der Waals surface area contributed by atoms with Crippen molar-refractivity contribution in [2.75, 3.05) is 6.61 Å². The molecule has 0 spiro atoms. The molecule has 0 atom stereocenters. The molecule has 1 aromatic rings. The van der Waals surface area contributed by atoms with Crippen molar-refractivity contribution in [3.8, 4) is 0 Å². The molecule has 0 radical (unpaired) electrons. The number of carbonyl (C=O) groups excluding carboxylic acids is 1. The Hall–Kier alpha value is -1.35. The third-order valence-corrected chi connectivity index (χ3v) is 2.26. The van der Waals surface area contributed by atoms with Crippen molar-refractivity contribution < 1.29 is 14.6 Å². The van der Waals surface area contributed by atoms with Crippen LogP contribution in [0.3, 0.4) is 0 Å². The van der Waals surface area contributed by atoms with Gasteiger partial charge in [-0.25, -0.2) is 0 Å². The number of ether oxygens (including phenoxy) is 1. The molecule has 1 aliphatic rings. The SMILES string of the molecule is CCOC=O.OC1Cc2ccccc2C1. The van der Waals surface area contributed by atoms with Crippen LogP contribution in [0.25, 0.3) is 0 Å². The van der Waals surface area contributed by atoms with Gasteiger partial charge in [-0.2, -0.15) is 0 Å². The van der Waals surface area contributed by atoms with Gasteiger partial charge >= 0.3 is 0 Å². The van der Waals surface area contributed by atoms with Crippen molar-refractivity contribution in [1.29, 1.82) is 0 Å². The number of aliphatic hydroxyl groups excluding tert-OH is 1. The summed E-state index contributed by atoms with van der Waals surface area (Å²) in [7, 11) is 0. The highest BCUT2D eigenvalue weighted by atomic mass is 16.5. The number of benzene rings is 1. The normalized spacial score (nSPS) is 13.7. The molecule has 0 unspecified atom stereocenters. The van der Waals surface area contributed by atoms with Crippen LogP contribution in [0.15, 0.2) is 24.3 Å². The zero-order valence-corrected chi connectivity index (χ0v) is 8.85. The minimum absolute atomic E-state index is 0.127. The predicted octanol–water partition coefficient (Wildman–Crippen LogP) is 1.33. The van der Waals surface area contributed by atoms with Crippen molar-refractivity contribution in [2.24, 2.45) is 0 Å². The van der Waals surface area contributed by atoms with E-state index in [4.69, 9.17) is 0 Å². The lowest BCUT2D eigenvalue weighted by Crippen LogP contribution is -2.03. The minimum atomic E-state index is -0.127. The van der Waals surface area contributed by atoms with E-state index in [1.54, 1.807) is 6.92 Å². The van der Waals surface area contributed by atoms with Crippen LogP contribution in [-0.2, 0) is 22.4 Å². The van der Waals surface area contributed by atoms with E-state index in [-0.39, 0.29) is 6.10 Å². The van der Waals surface area contributed by atoms with E-state index in [1.165, 1.54) is 11.1 Å². The topological polar surface area (TPSA) is 46.5 Å². The molecule has 0 saturated heterocycles. The maximum absolute atomic E-state index is 9.25. The van der Waals surface area contributed by atoms with Gasteiger partial charge in [0.05, 0.1) is 12.7 Å². The number of aliphatic hydroxyl groups is 1. The van der Waals surface area contributed by atoms with Crippen LogP contribution in [0.5, 0.6) is 0 Å². The summed E-state index contributed by atoms with van der Waals surface area (Å²) in [5.74, 6) is 0. The van der Waals surface area contributed by atoms with Crippen LogP contribution < -0.4 is 0 Å². The zero-order valence-electron chi connectivity index (χ0n) is 8.85. The maximum Gasteiger partial charge on any atom is 0.293 e. The summed E-state index contributed by atoms with van der Waals surface area (Å²) >= 11 is 0. The third-order valence-electron chi connectivity index (χ3n) is 2.26. The van der Waals surface area contributed by atoms with Gasteiger partial charge in [0.25, 0.3) is 6.47 Å². The molecule has 1 N–H and O–H groups in total. The van der Waals surface area contributed by atoms with Crippen LogP contribution in [-0.4, -0.2) is 24.3 Å². The van der Waals surface area contributed by atoms with E-state index in [0.717, 1.165) is 12.8 Å². The van der Waals surface area contributed by atoms with Gasteiger partial charge in [0.1, 0.15) is 0 Å². The Balaban J connectivity index is 0.000000195. The molecule has 0 bridgehead atoms. The quantitative estimate of drug-likeness (QED) is 0.746. The number of carbonyl (C=O) groups is 1. The van der Waals surface area contributed by atoms with E-state index >= 15 is 0 Å². The first kappa shape index (κ1) is 11.7. The molecule has 0 fully saturated rings. The van der Waals surface area contributed by atoms with Crippen molar-refractivity contribution in [3.63, 3.8) is 0 Å². The van der Waals surface area contributed by atoms with E-state index in [0.29, 0.717) is 13.1 Å². The smallest absolute Gasteiger partial charge is 0.293 e. The Kier molecular flexibility index (Phi) is 4.84. The lowest BCUT2D eigenvalue weighted by atomic mass is 10.1. The molecule has 82 valence electrons. The van der Waals surface area contributed by atoms with Crippen LogP contribution in [0.2, 0.25) is 0 Å². The third kappa shape index (κ3) is 3.72. The molecule has 0 aliphatic heterocycles. The fourth-order valence-electron chi connectivity index (χ4n) is 1.60. The Labute approximate surface area is 89.7 Å². The lowest BCUT2D eigenvalue weighted by Gasteiger charge is -1.93. The zero-order chi connectivity index (χ0) is 11.1. The molecular weight excluding hydrogens is 192 g/mol. The molecule has 0 aromatic heterocycles. The molecule has 0 heterocycles. The molecule has 3 heteroatoms. The van der Waals surface area contributed by atoms with Crippen molar-refractivity contribution in [3.05, 3.63) is 35.4 Å². The van der Waals surface area contributed by atoms with Crippen LogP contribution in [0, 0.1) is 0 Å². The largest absolute Gasteiger partial charge is 0.468 e. The first-order valence-electron chi connectivity index (χ1n) is 5.08. The fourth-order valence-corrected chi connectivity index (χ4v) is 1.60. The molecule has 1 aliphatic carbocycles. The summed E-state index contributed by atoms with van der Waals surface area (Å²) < 4.78 is 4.15. The number of hydrogen-bond donors (Lipinski definition) is 1. The highest BCUT2D eigenvalue weighted by molar-refractivity contribution is 5.36. The monoisotopic (exact) mass is 208 g/mol. The Morgan fingerprint density at radius 2 is 1.93 bits per heavy atom. The van der Waals surface area contributed by atoms with Crippen molar-refractivity contribution in [1.82, 2.24) is 0 Å². The second kappa shape index (κ2) is 6.19. The molecular formula is C12H16O3. The second-order valence-electron chi connectivity index (χ2n) is 3.38. The Morgan fingerprint density at radius 3 is 2.27 bits per heavy atom. The van der Waals surface area contributed by atoms with Gasteiger partial charge in [0.15, 0.2) is 0 Å². The molecule has 2 rings (SSSR count). The van der Waals surface area contributed by atoms with Gasteiger partial charge in [-0.15, -0.1) is 0 Å². The van der Waals surface area contributed by atoms with Crippen molar-refractivity contribution >= 4 is 6.47 Å². The van der Waals surface area contributed by atoms with Gasteiger partial charge in [-0.3, -0.25) is 4.79 Å². The standard InChI is InChI=1S/C9H10O.C3H6O2/c10-9-5-7-3-1-2-4-8(7)6-9;1-2-5-3-4/h1-4,9-10H,5-6H2;3H,2H2,1H3. The number of rotatable bonds is 2. The number of fused-ring (bicyclic) bond motifs is 1. The first-order chi connectivity index (χ1) is 7.27. The van der Waals surface area contributed by atoms with Crippen LogP contribution in [0.4, 0.5) is 0 Å². The summed E-state index contributed by atoms with van der Waals surface area (Å²) in [6, 6.07) is 8.23. The average molecular weight is 208 g/mol. The lowest BCUT2D eigenvalue weighted by molar-refractivity contribution is -0.128. The van der Waals surface area contributed by atoms with Crippen LogP contribution >= 0.6 is 0 Å². The summed E-state index contributed by atoms with van der Waals surface area (Å²) in [5, 5.41) is 9.25. The second-order valence-corrected chi connectivity index (χ2v) is 3.38.